The second-order valence-electron chi connectivity index (χ2n) is 4.31. The minimum Gasteiger partial charge on any atom is -0.496 e. The largest absolute Gasteiger partial charge is 0.496 e. The van der Waals surface area contributed by atoms with Gasteiger partial charge in [-0.15, -0.1) is 11.3 Å². The van der Waals surface area contributed by atoms with Crippen molar-refractivity contribution in [1.29, 1.82) is 0 Å². The van der Waals surface area contributed by atoms with Gasteiger partial charge in [-0.3, -0.25) is 0 Å². The Balaban J connectivity index is 2.47. The minimum absolute atomic E-state index is 0.511. The molecule has 96 valence electrons. The maximum Gasteiger partial charge on any atom is 0.122 e. The second-order valence-corrected chi connectivity index (χ2v) is 5.20. The van der Waals surface area contributed by atoms with Crippen molar-refractivity contribution >= 4 is 11.3 Å². The Hall–Kier alpha value is -1.39. The monoisotopic (exact) mass is 263 g/mol. The fourth-order valence-corrected chi connectivity index (χ4v) is 2.66. The van der Waals surface area contributed by atoms with Crippen molar-refractivity contribution in [2.24, 2.45) is 0 Å². The zero-order valence-corrected chi connectivity index (χ0v) is 11.8. The smallest absolute Gasteiger partial charge is 0.122 e. The average molecular weight is 263 g/mol. The van der Waals surface area contributed by atoms with Gasteiger partial charge in [0.15, 0.2) is 0 Å². The van der Waals surface area contributed by atoms with Gasteiger partial charge in [-0.25, -0.2) is 4.98 Å². The van der Waals surface area contributed by atoms with Gasteiger partial charge in [0.2, 0.25) is 0 Å². The number of aliphatic hydroxyl groups is 1. The van der Waals surface area contributed by atoms with Crippen molar-refractivity contribution in [1.82, 2.24) is 4.98 Å². The Bertz CT molecular complexity index is 561. The van der Waals surface area contributed by atoms with Crippen LogP contribution in [-0.4, -0.2) is 17.2 Å². The molecule has 2 aromatic rings. The van der Waals surface area contributed by atoms with E-state index in [-0.39, 0.29) is 0 Å². The highest BCUT2D eigenvalue weighted by atomic mass is 32.1. The third-order valence-corrected chi connectivity index (χ3v) is 4.13. The fourth-order valence-electron chi connectivity index (χ4n) is 1.90. The molecule has 18 heavy (non-hydrogen) atoms. The molecule has 0 aliphatic carbocycles. The lowest BCUT2D eigenvalue weighted by molar-refractivity contribution is 0.199. The van der Waals surface area contributed by atoms with E-state index in [1.54, 1.807) is 14.0 Å². The molecule has 1 atom stereocenters. The van der Waals surface area contributed by atoms with Gasteiger partial charge in [0.05, 0.1) is 12.8 Å². The standard InChI is InChI=1S/C14H17NO2S/c1-8-9(2)13(17-4)6-5-11(8)12-7-18-14(15-12)10(3)16/h5-7,10,16H,1-4H3. The van der Waals surface area contributed by atoms with E-state index < -0.39 is 6.10 Å². The van der Waals surface area contributed by atoms with Gasteiger partial charge in [-0.2, -0.15) is 0 Å². The Kier molecular flexibility index (Phi) is 3.68. The van der Waals surface area contributed by atoms with Crippen molar-refractivity contribution in [3.05, 3.63) is 33.6 Å². The molecule has 1 heterocycles. The number of rotatable bonds is 3. The molecule has 4 heteroatoms. The number of benzene rings is 1. The lowest BCUT2D eigenvalue weighted by Crippen LogP contribution is -1.94. The van der Waals surface area contributed by atoms with E-state index in [4.69, 9.17) is 4.74 Å². The molecule has 1 aromatic carbocycles. The van der Waals surface area contributed by atoms with Crippen molar-refractivity contribution in [2.45, 2.75) is 26.9 Å². The molecule has 0 aliphatic heterocycles. The van der Waals surface area contributed by atoms with E-state index in [0.29, 0.717) is 0 Å². The van der Waals surface area contributed by atoms with E-state index in [9.17, 15) is 5.11 Å². The maximum absolute atomic E-state index is 9.52. The highest BCUT2D eigenvalue weighted by Crippen LogP contribution is 2.32. The molecule has 3 nitrogen and oxygen atoms in total. The molecule has 0 spiro atoms. The maximum atomic E-state index is 9.52. The second kappa shape index (κ2) is 5.08. The summed E-state index contributed by atoms with van der Waals surface area (Å²) in [5.41, 5.74) is 4.30. The molecule has 0 amide bonds. The van der Waals surface area contributed by atoms with Crippen LogP contribution in [0, 0.1) is 13.8 Å². The first kappa shape index (κ1) is 13.1. The zero-order valence-electron chi connectivity index (χ0n) is 11.0. The molecule has 1 aromatic heterocycles. The number of hydrogen-bond donors (Lipinski definition) is 1. The Labute approximate surface area is 111 Å². The quantitative estimate of drug-likeness (QED) is 0.921. The molecule has 0 bridgehead atoms. The van der Waals surface area contributed by atoms with Crippen LogP contribution < -0.4 is 4.74 Å². The summed E-state index contributed by atoms with van der Waals surface area (Å²) in [6.45, 7) is 5.84. The Morgan fingerprint density at radius 3 is 2.56 bits per heavy atom. The molecule has 0 fully saturated rings. The van der Waals surface area contributed by atoms with Gasteiger partial charge in [0, 0.05) is 10.9 Å². The van der Waals surface area contributed by atoms with Gasteiger partial charge in [-0.05, 0) is 44.0 Å². The molecule has 1 N–H and O–H groups in total. The normalized spacial score (nSPS) is 12.5. The van der Waals surface area contributed by atoms with Crippen molar-refractivity contribution < 1.29 is 9.84 Å². The third kappa shape index (κ3) is 2.26. The van der Waals surface area contributed by atoms with Gasteiger partial charge in [0.1, 0.15) is 16.9 Å². The molecule has 0 saturated carbocycles. The lowest BCUT2D eigenvalue weighted by atomic mass is 10.0. The average Bonchev–Trinajstić information content (AvgIpc) is 2.82. The first-order valence-electron chi connectivity index (χ1n) is 5.82. The highest BCUT2D eigenvalue weighted by molar-refractivity contribution is 7.10. The number of methoxy groups -OCH3 is 1. The summed E-state index contributed by atoms with van der Waals surface area (Å²) in [5, 5.41) is 12.2. The van der Waals surface area contributed by atoms with Crippen LogP contribution in [0.25, 0.3) is 11.3 Å². The molecular formula is C14H17NO2S. The van der Waals surface area contributed by atoms with E-state index in [1.807, 2.05) is 24.4 Å². The van der Waals surface area contributed by atoms with E-state index >= 15 is 0 Å². The topological polar surface area (TPSA) is 42.4 Å². The van der Waals surface area contributed by atoms with Crippen LogP contribution in [0.3, 0.4) is 0 Å². The number of aliphatic hydroxyl groups excluding tert-OH is 1. The Morgan fingerprint density at radius 2 is 2.00 bits per heavy atom. The summed E-state index contributed by atoms with van der Waals surface area (Å²) in [7, 11) is 1.68. The van der Waals surface area contributed by atoms with Crippen LogP contribution in [0.15, 0.2) is 17.5 Å². The summed E-state index contributed by atoms with van der Waals surface area (Å²) in [6.07, 6.45) is -0.511. The number of hydrogen-bond acceptors (Lipinski definition) is 4. The van der Waals surface area contributed by atoms with Crippen LogP contribution in [0.1, 0.15) is 29.2 Å². The van der Waals surface area contributed by atoms with Crippen LogP contribution in [0.2, 0.25) is 0 Å². The van der Waals surface area contributed by atoms with Gasteiger partial charge >= 0.3 is 0 Å². The SMILES string of the molecule is COc1ccc(-c2csc(C(C)O)n2)c(C)c1C. The molecule has 2 rings (SSSR count). The highest BCUT2D eigenvalue weighted by Gasteiger charge is 2.13. The fraction of sp³-hybridized carbons (Fsp3) is 0.357. The first-order chi connectivity index (χ1) is 8.54. The van der Waals surface area contributed by atoms with Gasteiger partial charge in [0.25, 0.3) is 0 Å². The van der Waals surface area contributed by atoms with Crippen LogP contribution in [0.4, 0.5) is 0 Å². The number of aromatic nitrogens is 1. The van der Waals surface area contributed by atoms with E-state index in [2.05, 4.69) is 11.9 Å². The summed E-state index contributed by atoms with van der Waals surface area (Å²) >= 11 is 1.48. The van der Waals surface area contributed by atoms with Crippen molar-refractivity contribution in [2.75, 3.05) is 7.11 Å². The van der Waals surface area contributed by atoms with E-state index in [1.165, 1.54) is 11.3 Å². The van der Waals surface area contributed by atoms with Crippen LogP contribution in [0.5, 0.6) is 5.75 Å². The summed E-state index contributed by atoms with van der Waals surface area (Å²) in [6, 6.07) is 3.97. The number of ether oxygens (including phenoxy) is 1. The van der Waals surface area contributed by atoms with Crippen LogP contribution >= 0.6 is 11.3 Å². The Morgan fingerprint density at radius 1 is 1.28 bits per heavy atom. The van der Waals surface area contributed by atoms with Gasteiger partial charge < -0.3 is 9.84 Å². The van der Waals surface area contributed by atoms with Crippen molar-refractivity contribution in [3.8, 4) is 17.0 Å². The molecule has 1 unspecified atom stereocenters. The van der Waals surface area contributed by atoms with Crippen LogP contribution in [-0.2, 0) is 0 Å². The predicted octanol–water partition coefficient (Wildman–Crippen LogP) is 3.49. The lowest BCUT2D eigenvalue weighted by Gasteiger charge is -2.11. The number of thiazole rings is 1. The summed E-state index contributed by atoms with van der Waals surface area (Å²) in [5.74, 6) is 0.891. The molecule has 0 radical (unpaired) electrons. The van der Waals surface area contributed by atoms with Crippen molar-refractivity contribution in [3.63, 3.8) is 0 Å². The van der Waals surface area contributed by atoms with Gasteiger partial charge in [-0.1, -0.05) is 0 Å². The molecule has 0 saturated heterocycles. The predicted molar refractivity (Wildman–Crippen MR) is 74.2 cm³/mol. The minimum atomic E-state index is -0.511. The first-order valence-corrected chi connectivity index (χ1v) is 6.70. The summed E-state index contributed by atoms with van der Waals surface area (Å²) in [4.78, 5) is 4.47. The third-order valence-electron chi connectivity index (χ3n) is 3.11. The molecular weight excluding hydrogens is 246 g/mol. The molecule has 0 aliphatic rings. The zero-order chi connectivity index (χ0) is 13.3. The number of nitrogens with zero attached hydrogens (tertiary/aromatic N) is 1. The summed E-state index contributed by atoms with van der Waals surface area (Å²) < 4.78 is 5.30. The van der Waals surface area contributed by atoms with E-state index in [0.717, 1.165) is 33.1 Å².